The molecule has 5 heterocycles. The SMILES string of the molecule is CCc1c(-c2cc(Nc3ccc4c(c3)CCN(C3COC3)C4)c(=O)n(C)c2)cc(F)cc1N1CCn2c(cc3c2CCCC3)C1=O. The third-order valence-electron chi connectivity index (χ3n) is 10.4. The Labute approximate surface area is 268 Å². The van der Waals surface area contributed by atoms with Gasteiger partial charge in [-0.1, -0.05) is 13.0 Å². The van der Waals surface area contributed by atoms with Gasteiger partial charge in [0, 0.05) is 56.4 Å². The van der Waals surface area contributed by atoms with Crippen LogP contribution >= 0.6 is 0 Å². The summed E-state index contributed by atoms with van der Waals surface area (Å²) in [5.74, 6) is -0.484. The van der Waals surface area contributed by atoms with Crippen molar-refractivity contribution in [2.24, 2.45) is 7.05 Å². The molecular formula is C37H40FN5O3. The Bertz CT molecular complexity index is 1920. The van der Waals surface area contributed by atoms with E-state index in [2.05, 4.69) is 33.0 Å². The Hall–Kier alpha value is -4.21. The molecule has 1 amide bonds. The summed E-state index contributed by atoms with van der Waals surface area (Å²) in [6.07, 6.45) is 7.64. The van der Waals surface area contributed by atoms with Gasteiger partial charge >= 0.3 is 0 Å². The number of halogens is 1. The van der Waals surface area contributed by atoms with E-state index in [9.17, 15) is 9.59 Å². The number of pyridine rings is 1. The number of fused-ring (bicyclic) bond motifs is 4. The average molecular weight is 622 g/mol. The Balaban J connectivity index is 1.11. The summed E-state index contributed by atoms with van der Waals surface area (Å²) in [6.45, 7) is 6.76. The summed E-state index contributed by atoms with van der Waals surface area (Å²) in [6, 6.07) is 13.7. The van der Waals surface area contributed by atoms with Crippen molar-refractivity contribution in [3.63, 3.8) is 0 Å². The summed E-state index contributed by atoms with van der Waals surface area (Å²) in [4.78, 5) is 31.5. The van der Waals surface area contributed by atoms with Crippen LogP contribution in [0, 0.1) is 5.82 Å². The molecule has 1 fully saturated rings. The molecule has 238 valence electrons. The van der Waals surface area contributed by atoms with Gasteiger partial charge in [0.15, 0.2) is 0 Å². The molecule has 8 nitrogen and oxygen atoms in total. The van der Waals surface area contributed by atoms with Crippen LogP contribution in [0.1, 0.15) is 58.2 Å². The quantitative estimate of drug-likeness (QED) is 0.304. The van der Waals surface area contributed by atoms with Crippen molar-refractivity contribution in [3.8, 4) is 11.1 Å². The minimum Gasteiger partial charge on any atom is -0.378 e. The lowest BCUT2D eigenvalue weighted by atomic mass is 9.95. The molecule has 3 aliphatic heterocycles. The van der Waals surface area contributed by atoms with Crippen LogP contribution in [-0.4, -0.2) is 52.3 Å². The Morgan fingerprint density at radius 3 is 2.59 bits per heavy atom. The first-order chi connectivity index (χ1) is 22.4. The molecule has 2 aromatic carbocycles. The monoisotopic (exact) mass is 621 g/mol. The van der Waals surface area contributed by atoms with E-state index in [1.54, 1.807) is 22.7 Å². The average Bonchev–Trinajstić information content (AvgIpc) is 3.42. The predicted molar refractivity (Wildman–Crippen MR) is 178 cm³/mol. The highest BCUT2D eigenvalue weighted by molar-refractivity contribution is 6.07. The summed E-state index contributed by atoms with van der Waals surface area (Å²) < 4.78 is 24.6. The molecule has 0 radical (unpaired) electrons. The molecule has 1 saturated heterocycles. The lowest BCUT2D eigenvalue weighted by Gasteiger charge is -2.40. The topological polar surface area (TPSA) is 71.7 Å². The number of carbonyl (C=O) groups excluding carboxylic acids is 1. The number of amides is 1. The molecule has 9 heteroatoms. The number of nitrogens with zero attached hydrogens (tertiary/aromatic N) is 4. The zero-order chi connectivity index (χ0) is 31.5. The van der Waals surface area contributed by atoms with Crippen molar-refractivity contribution in [1.82, 2.24) is 14.0 Å². The number of aromatic nitrogens is 2. The zero-order valence-electron chi connectivity index (χ0n) is 26.6. The maximum absolute atomic E-state index is 15.4. The van der Waals surface area contributed by atoms with Crippen LogP contribution in [-0.2, 0) is 50.6 Å². The van der Waals surface area contributed by atoms with Gasteiger partial charge in [-0.15, -0.1) is 0 Å². The molecule has 1 N–H and O–H groups in total. The van der Waals surface area contributed by atoms with Gasteiger partial charge < -0.3 is 24.1 Å². The summed E-state index contributed by atoms with van der Waals surface area (Å²) in [5, 5.41) is 3.37. The van der Waals surface area contributed by atoms with Crippen molar-refractivity contribution >= 4 is 23.0 Å². The largest absolute Gasteiger partial charge is 0.378 e. The van der Waals surface area contributed by atoms with Crippen LogP contribution in [0.15, 0.2) is 53.5 Å². The molecule has 0 spiro atoms. The van der Waals surface area contributed by atoms with E-state index in [0.29, 0.717) is 48.2 Å². The molecule has 1 aliphatic carbocycles. The first-order valence-electron chi connectivity index (χ1n) is 16.6. The van der Waals surface area contributed by atoms with Crippen molar-refractivity contribution < 1.29 is 13.9 Å². The van der Waals surface area contributed by atoms with E-state index in [4.69, 9.17) is 4.74 Å². The summed E-state index contributed by atoms with van der Waals surface area (Å²) in [7, 11) is 1.72. The van der Waals surface area contributed by atoms with Crippen LogP contribution < -0.4 is 15.8 Å². The minimum absolute atomic E-state index is 0.0775. The normalized spacial score (nSPS) is 18.2. The lowest BCUT2D eigenvalue weighted by molar-refractivity contribution is -0.0694. The Morgan fingerprint density at radius 2 is 1.78 bits per heavy atom. The number of hydrogen-bond donors (Lipinski definition) is 1. The van der Waals surface area contributed by atoms with Crippen molar-refractivity contribution in [3.05, 3.63) is 98.5 Å². The molecule has 8 rings (SSSR count). The molecule has 4 aliphatic rings. The van der Waals surface area contributed by atoms with E-state index in [-0.39, 0.29) is 11.5 Å². The van der Waals surface area contributed by atoms with E-state index in [1.165, 1.54) is 34.5 Å². The number of aryl methyl sites for hydroxylation is 2. The number of rotatable bonds is 6. The highest BCUT2D eigenvalue weighted by Gasteiger charge is 2.32. The predicted octanol–water partition coefficient (Wildman–Crippen LogP) is 5.60. The van der Waals surface area contributed by atoms with Gasteiger partial charge in [-0.2, -0.15) is 0 Å². The zero-order valence-corrected chi connectivity index (χ0v) is 26.6. The van der Waals surface area contributed by atoms with Gasteiger partial charge in [0.05, 0.1) is 24.9 Å². The number of hydrogen-bond acceptors (Lipinski definition) is 5. The fourth-order valence-electron chi connectivity index (χ4n) is 7.86. The van der Waals surface area contributed by atoms with Gasteiger partial charge in [-0.05, 0) is 103 Å². The van der Waals surface area contributed by atoms with Crippen LogP contribution in [0.5, 0.6) is 0 Å². The highest BCUT2D eigenvalue weighted by atomic mass is 19.1. The van der Waals surface area contributed by atoms with Gasteiger partial charge in [0.2, 0.25) is 0 Å². The number of carbonyl (C=O) groups is 1. The summed E-state index contributed by atoms with van der Waals surface area (Å²) >= 11 is 0. The van der Waals surface area contributed by atoms with Gasteiger partial charge in [0.1, 0.15) is 17.2 Å². The second-order valence-corrected chi connectivity index (χ2v) is 13.2. The molecular weight excluding hydrogens is 581 g/mol. The van der Waals surface area contributed by atoms with Gasteiger partial charge in [0.25, 0.3) is 11.5 Å². The van der Waals surface area contributed by atoms with Crippen molar-refractivity contribution in [2.75, 3.05) is 36.5 Å². The number of benzene rings is 2. The Kier molecular flexibility index (Phi) is 7.33. The number of anilines is 3. The fourth-order valence-corrected chi connectivity index (χ4v) is 7.86. The van der Waals surface area contributed by atoms with Crippen LogP contribution in [0.2, 0.25) is 0 Å². The maximum atomic E-state index is 15.4. The fraction of sp³-hybridized carbons (Fsp3) is 0.405. The molecule has 46 heavy (non-hydrogen) atoms. The standard InChI is InChI=1S/C37H40FN5O3/c1-3-30-31(17-27(38)18-34(30)43-13-12-42-33-7-5-4-6-24(33)16-35(42)37(43)45)26-15-32(36(44)40(2)19-26)39-28-9-8-25-20-41(29-21-46-22-29)11-10-23(25)14-28/h8-9,14-19,29,39H,3-7,10-13,20-22H2,1-2H3. The van der Waals surface area contributed by atoms with Gasteiger partial charge in [-0.3, -0.25) is 14.5 Å². The molecule has 0 unspecified atom stereocenters. The van der Waals surface area contributed by atoms with Crippen LogP contribution in [0.25, 0.3) is 11.1 Å². The smallest absolute Gasteiger partial charge is 0.274 e. The van der Waals surface area contributed by atoms with E-state index in [1.807, 2.05) is 19.1 Å². The van der Waals surface area contributed by atoms with E-state index >= 15 is 4.39 Å². The second-order valence-electron chi connectivity index (χ2n) is 13.2. The number of ether oxygens (including phenoxy) is 1. The summed E-state index contributed by atoms with van der Waals surface area (Å²) in [5.41, 5.74) is 9.90. The molecule has 4 aromatic rings. The Morgan fingerprint density at radius 1 is 0.935 bits per heavy atom. The molecule has 2 aromatic heterocycles. The van der Waals surface area contributed by atoms with Crippen LogP contribution in [0.3, 0.4) is 0 Å². The first-order valence-corrected chi connectivity index (χ1v) is 16.6. The molecule has 0 atom stereocenters. The first kappa shape index (κ1) is 29.2. The van der Waals surface area contributed by atoms with Crippen molar-refractivity contribution in [2.45, 2.75) is 64.6 Å². The van der Waals surface area contributed by atoms with Crippen molar-refractivity contribution in [1.29, 1.82) is 0 Å². The lowest BCUT2D eigenvalue weighted by Crippen LogP contribution is -2.50. The minimum atomic E-state index is -0.407. The third kappa shape index (κ3) is 4.97. The van der Waals surface area contributed by atoms with Crippen LogP contribution in [0.4, 0.5) is 21.5 Å². The van der Waals surface area contributed by atoms with E-state index < -0.39 is 5.82 Å². The van der Waals surface area contributed by atoms with Gasteiger partial charge in [-0.25, -0.2) is 4.39 Å². The third-order valence-corrected chi connectivity index (χ3v) is 10.4. The highest BCUT2D eigenvalue weighted by Crippen LogP contribution is 2.37. The molecule has 0 bridgehead atoms. The maximum Gasteiger partial charge on any atom is 0.274 e. The number of nitrogens with one attached hydrogen (secondary N) is 1. The molecule has 0 saturated carbocycles. The second kappa shape index (κ2) is 11.5. The van der Waals surface area contributed by atoms with E-state index in [0.717, 1.165) is 75.2 Å².